The summed E-state index contributed by atoms with van der Waals surface area (Å²) in [6.45, 7) is 2.42. The monoisotopic (exact) mass is 507 g/mol. The molecule has 186 valence electrons. The van der Waals surface area contributed by atoms with Crippen molar-refractivity contribution in [3.63, 3.8) is 0 Å². The van der Waals surface area contributed by atoms with E-state index in [2.05, 4.69) is 20.6 Å². The average Bonchev–Trinajstić information content (AvgIpc) is 3.62. The fraction of sp³-hybridized carbons (Fsp3) is 0.280. The molecule has 0 unspecified atom stereocenters. The van der Waals surface area contributed by atoms with Gasteiger partial charge in [0, 0.05) is 48.3 Å². The number of nitrogens with one attached hydrogen (secondary N) is 1. The second-order valence-corrected chi connectivity index (χ2v) is 10.5. The zero-order chi connectivity index (χ0) is 25.1. The number of hydrogen-bond donors (Lipinski definition) is 1. The van der Waals surface area contributed by atoms with Crippen LogP contribution in [0.1, 0.15) is 25.7 Å². The highest BCUT2D eigenvalue weighted by atomic mass is 32.2. The number of amides is 1. The van der Waals surface area contributed by atoms with Crippen molar-refractivity contribution >= 4 is 21.6 Å². The van der Waals surface area contributed by atoms with Gasteiger partial charge in [-0.2, -0.15) is 9.29 Å². The Labute approximate surface area is 208 Å². The summed E-state index contributed by atoms with van der Waals surface area (Å²) in [7, 11) is -3.72. The maximum absolute atomic E-state index is 13.3. The minimum atomic E-state index is -3.72. The fourth-order valence-corrected chi connectivity index (χ4v) is 5.66. The number of anilines is 1. The average molecular weight is 508 g/mol. The quantitative estimate of drug-likeness (QED) is 0.397. The predicted octanol–water partition coefficient (Wildman–Crippen LogP) is 3.99. The van der Waals surface area contributed by atoms with Gasteiger partial charge in [-0.3, -0.25) is 4.79 Å². The molecular formula is C25H25N5O5S. The van der Waals surface area contributed by atoms with E-state index in [-0.39, 0.29) is 29.8 Å². The Balaban J connectivity index is 1.21. The van der Waals surface area contributed by atoms with E-state index in [4.69, 9.17) is 9.05 Å². The Bertz CT molecular complexity index is 1440. The number of aromatic nitrogens is 3. The first-order valence-electron chi connectivity index (χ1n) is 11.7. The third-order valence-electron chi connectivity index (χ3n) is 6.20. The molecule has 0 spiro atoms. The minimum absolute atomic E-state index is 0.120. The molecule has 1 amide bonds. The number of nitrogens with zero attached hydrogens (tertiary/aromatic N) is 4. The largest absolute Gasteiger partial charge is 0.356 e. The van der Waals surface area contributed by atoms with Crippen LogP contribution in [-0.2, 0) is 21.2 Å². The molecule has 0 atom stereocenters. The molecule has 0 radical (unpaired) electrons. The molecule has 10 nitrogen and oxygen atoms in total. The Morgan fingerprint density at radius 2 is 1.83 bits per heavy atom. The SMILES string of the molecule is CCc1nc(-c2cccc(S(=O)(=O)N3CCC(C(=O)Nc4ccc(-c5ccno5)cc4)CC3)c2)no1. The van der Waals surface area contributed by atoms with Gasteiger partial charge in [-0.1, -0.05) is 29.4 Å². The summed E-state index contributed by atoms with van der Waals surface area (Å²) in [6, 6.07) is 15.6. The lowest BCUT2D eigenvalue weighted by Crippen LogP contribution is -2.41. The maximum Gasteiger partial charge on any atom is 0.243 e. The van der Waals surface area contributed by atoms with Crippen LogP contribution < -0.4 is 5.32 Å². The van der Waals surface area contributed by atoms with Crippen LogP contribution in [0.25, 0.3) is 22.7 Å². The number of benzene rings is 2. The smallest absolute Gasteiger partial charge is 0.243 e. The third kappa shape index (κ3) is 4.93. The molecule has 5 rings (SSSR count). The van der Waals surface area contributed by atoms with E-state index in [1.54, 1.807) is 48.7 Å². The molecule has 1 N–H and O–H groups in total. The van der Waals surface area contributed by atoms with Crippen molar-refractivity contribution in [3.05, 3.63) is 66.7 Å². The van der Waals surface area contributed by atoms with Crippen molar-refractivity contribution in [2.45, 2.75) is 31.1 Å². The molecule has 2 aromatic heterocycles. The van der Waals surface area contributed by atoms with Gasteiger partial charge in [-0.25, -0.2) is 8.42 Å². The summed E-state index contributed by atoms with van der Waals surface area (Å²) in [4.78, 5) is 17.2. The first-order valence-corrected chi connectivity index (χ1v) is 13.1. The van der Waals surface area contributed by atoms with Crippen molar-refractivity contribution < 1.29 is 22.3 Å². The van der Waals surface area contributed by atoms with Gasteiger partial charge in [0.15, 0.2) is 5.76 Å². The van der Waals surface area contributed by atoms with Crippen molar-refractivity contribution in [2.75, 3.05) is 18.4 Å². The topological polar surface area (TPSA) is 131 Å². The van der Waals surface area contributed by atoms with Crippen LogP contribution in [0.4, 0.5) is 5.69 Å². The number of carbonyl (C=O) groups excluding carboxylic acids is 1. The van der Waals surface area contributed by atoms with Gasteiger partial charge in [0.25, 0.3) is 0 Å². The highest BCUT2D eigenvalue weighted by Crippen LogP contribution is 2.28. The molecule has 11 heteroatoms. The Hall–Kier alpha value is -3.83. The van der Waals surface area contributed by atoms with Crippen LogP contribution in [0.15, 0.2) is 74.7 Å². The lowest BCUT2D eigenvalue weighted by atomic mass is 9.97. The number of aryl methyl sites for hydroxylation is 1. The molecule has 1 aliphatic heterocycles. The summed E-state index contributed by atoms with van der Waals surface area (Å²) in [5, 5.41) is 10.5. The van der Waals surface area contributed by atoms with Crippen LogP contribution in [-0.4, -0.2) is 47.0 Å². The number of carbonyl (C=O) groups is 1. The van der Waals surface area contributed by atoms with Gasteiger partial charge in [-0.15, -0.1) is 0 Å². The highest BCUT2D eigenvalue weighted by molar-refractivity contribution is 7.89. The van der Waals surface area contributed by atoms with Gasteiger partial charge in [0.05, 0.1) is 11.1 Å². The number of piperidine rings is 1. The summed E-state index contributed by atoms with van der Waals surface area (Å²) in [5.74, 6) is 1.10. The zero-order valence-corrected chi connectivity index (χ0v) is 20.4. The number of sulfonamides is 1. The number of hydrogen-bond acceptors (Lipinski definition) is 8. The van der Waals surface area contributed by atoms with Gasteiger partial charge >= 0.3 is 0 Å². The number of rotatable bonds is 7. The second kappa shape index (κ2) is 10.0. The van der Waals surface area contributed by atoms with Gasteiger partial charge in [-0.05, 0) is 49.2 Å². The normalized spacial score (nSPS) is 15.1. The molecule has 1 aliphatic rings. The molecule has 1 saturated heterocycles. The first kappa shape index (κ1) is 23.9. The molecule has 2 aromatic carbocycles. The van der Waals surface area contributed by atoms with Gasteiger partial charge in [0.1, 0.15) is 0 Å². The Kier molecular flexibility index (Phi) is 6.66. The van der Waals surface area contributed by atoms with Crippen molar-refractivity contribution in [1.29, 1.82) is 0 Å². The lowest BCUT2D eigenvalue weighted by molar-refractivity contribution is -0.120. The Morgan fingerprint density at radius 1 is 1.06 bits per heavy atom. The van der Waals surface area contributed by atoms with E-state index in [1.807, 2.05) is 19.1 Å². The molecule has 36 heavy (non-hydrogen) atoms. The standard InChI is InChI=1S/C25H25N5O5S/c1-2-23-28-24(29-35-23)19-4-3-5-21(16-19)36(32,33)30-14-11-18(12-15-30)25(31)27-20-8-6-17(7-9-20)22-10-13-26-34-22/h3-10,13,16,18H,2,11-12,14-15H2,1H3,(H,27,31). The molecule has 4 aromatic rings. The molecule has 0 saturated carbocycles. The molecular weight excluding hydrogens is 482 g/mol. The fourth-order valence-electron chi connectivity index (χ4n) is 4.15. The van der Waals surface area contributed by atoms with E-state index in [9.17, 15) is 13.2 Å². The van der Waals surface area contributed by atoms with Crippen LogP contribution in [0, 0.1) is 5.92 Å². The van der Waals surface area contributed by atoms with Gasteiger partial charge in [0.2, 0.25) is 27.6 Å². The summed E-state index contributed by atoms with van der Waals surface area (Å²) in [6.07, 6.45) is 3.04. The zero-order valence-electron chi connectivity index (χ0n) is 19.6. The van der Waals surface area contributed by atoms with Crippen molar-refractivity contribution in [3.8, 4) is 22.7 Å². The first-order chi connectivity index (χ1) is 17.4. The molecule has 3 heterocycles. The summed E-state index contributed by atoms with van der Waals surface area (Å²) >= 11 is 0. The van der Waals surface area contributed by atoms with E-state index in [1.165, 1.54) is 4.31 Å². The Morgan fingerprint density at radius 3 is 2.50 bits per heavy atom. The lowest BCUT2D eigenvalue weighted by Gasteiger charge is -2.30. The van der Waals surface area contributed by atoms with Crippen LogP contribution in [0.3, 0.4) is 0 Å². The van der Waals surface area contributed by atoms with Crippen molar-refractivity contribution in [2.24, 2.45) is 5.92 Å². The van der Waals surface area contributed by atoms with E-state index in [0.29, 0.717) is 48.0 Å². The molecule has 1 fully saturated rings. The van der Waals surface area contributed by atoms with Crippen LogP contribution in [0.5, 0.6) is 0 Å². The van der Waals surface area contributed by atoms with Crippen molar-refractivity contribution in [1.82, 2.24) is 19.6 Å². The maximum atomic E-state index is 13.3. The summed E-state index contributed by atoms with van der Waals surface area (Å²) in [5.41, 5.74) is 2.10. The van der Waals surface area contributed by atoms with E-state index in [0.717, 1.165) is 5.56 Å². The van der Waals surface area contributed by atoms with E-state index < -0.39 is 10.0 Å². The second-order valence-electron chi connectivity index (χ2n) is 8.51. The van der Waals surface area contributed by atoms with Crippen LogP contribution in [0.2, 0.25) is 0 Å². The third-order valence-corrected chi connectivity index (χ3v) is 8.09. The highest BCUT2D eigenvalue weighted by Gasteiger charge is 2.32. The molecule has 0 aliphatic carbocycles. The summed E-state index contributed by atoms with van der Waals surface area (Å²) < 4.78 is 38.3. The minimum Gasteiger partial charge on any atom is -0.356 e. The van der Waals surface area contributed by atoms with E-state index >= 15 is 0 Å². The van der Waals surface area contributed by atoms with Gasteiger partial charge < -0.3 is 14.4 Å². The van der Waals surface area contributed by atoms with Crippen LogP contribution >= 0.6 is 0 Å². The predicted molar refractivity (Wildman–Crippen MR) is 131 cm³/mol. The molecule has 0 bridgehead atoms.